The Morgan fingerprint density at radius 2 is 1.90 bits per heavy atom. The molecular weight excluding hydrogens is 250 g/mol. The van der Waals surface area contributed by atoms with Gasteiger partial charge in [0.05, 0.1) is 13.7 Å². The summed E-state index contributed by atoms with van der Waals surface area (Å²) in [6.07, 6.45) is 5.24. The second kappa shape index (κ2) is 6.59. The molecule has 2 aliphatic carbocycles. The van der Waals surface area contributed by atoms with Crippen molar-refractivity contribution >= 4 is 0 Å². The quantitative estimate of drug-likeness (QED) is 0.740. The van der Waals surface area contributed by atoms with E-state index < -0.39 is 0 Å². The van der Waals surface area contributed by atoms with Gasteiger partial charge in [-0.25, -0.2) is 0 Å². The molecule has 3 nitrogen and oxygen atoms in total. The Bertz CT molecular complexity index is 408. The van der Waals surface area contributed by atoms with Gasteiger partial charge in [0, 0.05) is 19.2 Å². The summed E-state index contributed by atoms with van der Waals surface area (Å²) in [7, 11) is 1.71. The second-order valence-corrected chi connectivity index (χ2v) is 6.11. The largest absolute Gasteiger partial charge is 0.497 e. The van der Waals surface area contributed by atoms with Gasteiger partial charge in [-0.15, -0.1) is 0 Å². The molecule has 20 heavy (non-hydrogen) atoms. The highest BCUT2D eigenvalue weighted by Crippen LogP contribution is 2.37. The molecule has 0 aromatic heterocycles. The summed E-state index contributed by atoms with van der Waals surface area (Å²) in [5.41, 5.74) is 1.44. The fourth-order valence-electron chi connectivity index (χ4n) is 2.80. The molecule has 2 fully saturated rings. The van der Waals surface area contributed by atoms with Crippen molar-refractivity contribution in [2.75, 3.05) is 26.9 Å². The fraction of sp³-hybridized carbons (Fsp3) is 0.647. The van der Waals surface area contributed by atoms with Crippen LogP contribution in [0.4, 0.5) is 0 Å². The second-order valence-electron chi connectivity index (χ2n) is 6.11. The molecule has 0 bridgehead atoms. The Kier molecular flexibility index (Phi) is 4.58. The van der Waals surface area contributed by atoms with Gasteiger partial charge in [0.2, 0.25) is 0 Å². The van der Waals surface area contributed by atoms with Crippen LogP contribution in [0.3, 0.4) is 0 Å². The van der Waals surface area contributed by atoms with E-state index in [2.05, 4.69) is 29.6 Å². The fourth-order valence-corrected chi connectivity index (χ4v) is 2.80. The third-order valence-electron chi connectivity index (χ3n) is 4.46. The van der Waals surface area contributed by atoms with Crippen molar-refractivity contribution in [2.45, 2.75) is 37.6 Å². The number of rotatable bonds is 8. The van der Waals surface area contributed by atoms with Crippen LogP contribution in [0.2, 0.25) is 0 Å². The van der Waals surface area contributed by atoms with E-state index in [0.29, 0.717) is 12.0 Å². The van der Waals surface area contributed by atoms with E-state index in [9.17, 15) is 0 Å². The van der Waals surface area contributed by atoms with Gasteiger partial charge in [-0.3, -0.25) is 0 Å². The molecule has 2 aliphatic rings. The van der Waals surface area contributed by atoms with Gasteiger partial charge < -0.3 is 14.8 Å². The third kappa shape index (κ3) is 3.74. The minimum atomic E-state index is 0.673. The molecule has 0 saturated heterocycles. The molecule has 3 heteroatoms. The summed E-state index contributed by atoms with van der Waals surface area (Å²) in [5, 5.41) is 3.59. The monoisotopic (exact) mass is 275 g/mol. The molecule has 0 unspecified atom stereocenters. The first-order valence-electron chi connectivity index (χ1n) is 7.80. The van der Waals surface area contributed by atoms with Crippen molar-refractivity contribution in [1.29, 1.82) is 0 Å². The van der Waals surface area contributed by atoms with Gasteiger partial charge in [-0.2, -0.15) is 0 Å². The zero-order chi connectivity index (χ0) is 13.8. The topological polar surface area (TPSA) is 30.5 Å². The van der Waals surface area contributed by atoms with Crippen LogP contribution in [0, 0.1) is 5.92 Å². The maximum atomic E-state index is 5.64. The Hall–Kier alpha value is -1.06. The zero-order valence-electron chi connectivity index (χ0n) is 12.3. The number of nitrogens with one attached hydrogen (secondary N) is 1. The Balaban J connectivity index is 1.29. The number of ether oxygens (including phenoxy) is 2. The first kappa shape index (κ1) is 13.9. The van der Waals surface area contributed by atoms with Crippen LogP contribution in [0.15, 0.2) is 24.3 Å². The number of benzene rings is 1. The van der Waals surface area contributed by atoms with E-state index in [1.807, 2.05) is 0 Å². The maximum Gasteiger partial charge on any atom is 0.118 e. The Morgan fingerprint density at radius 1 is 1.15 bits per heavy atom. The number of methoxy groups -OCH3 is 1. The van der Waals surface area contributed by atoms with Gasteiger partial charge in [-0.05, 0) is 55.2 Å². The van der Waals surface area contributed by atoms with Gasteiger partial charge in [0.25, 0.3) is 0 Å². The molecule has 110 valence electrons. The minimum Gasteiger partial charge on any atom is -0.497 e. The van der Waals surface area contributed by atoms with Crippen molar-refractivity contribution in [2.24, 2.45) is 5.92 Å². The third-order valence-corrected chi connectivity index (χ3v) is 4.46. The van der Waals surface area contributed by atoms with Crippen LogP contribution in [0.5, 0.6) is 5.75 Å². The molecular formula is C17H25NO2. The molecule has 0 aliphatic heterocycles. The molecule has 2 saturated carbocycles. The molecule has 0 atom stereocenters. The molecule has 3 rings (SSSR count). The van der Waals surface area contributed by atoms with Gasteiger partial charge >= 0.3 is 0 Å². The normalized spacial score (nSPS) is 25.2. The van der Waals surface area contributed by atoms with Gasteiger partial charge in [0.15, 0.2) is 0 Å². The van der Waals surface area contributed by atoms with Crippen LogP contribution in [-0.4, -0.2) is 32.9 Å². The summed E-state index contributed by atoms with van der Waals surface area (Å²) in [5.74, 6) is 2.53. The molecule has 0 radical (unpaired) electrons. The highest BCUT2D eigenvalue weighted by molar-refractivity contribution is 5.30. The van der Waals surface area contributed by atoms with Crippen LogP contribution in [0.1, 0.15) is 37.2 Å². The molecule has 1 aromatic rings. The maximum absolute atomic E-state index is 5.64. The predicted molar refractivity (Wildman–Crippen MR) is 80.3 cm³/mol. The van der Waals surface area contributed by atoms with Crippen LogP contribution < -0.4 is 10.1 Å². The lowest BCUT2D eigenvalue weighted by atomic mass is 9.76. The summed E-state index contributed by atoms with van der Waals surface area (Å²) in [6, 6.07) is 9.17. The van der Waals surface area contributed by atoms with Crippen LogP contribution in [0.25, 0.3) is 0 Å². The lowest BCUT2D eigenvalue weighted by Crippen LogP contribution is -2.41. The average molecular weight is 275 g/mol. The van der Waals surface area contributed by atoms with Crippen molar-refractivity contribution in [3.63, 3.8) is 0 Å². The first-order chi connectivity index (χ1) is 9.85. The van der Waals surface area contributed by atoms with Crippen molar-refractivity contribution < 1.29 is 9.47 Å². The molecule has 0 spiro atoms. The highest BCUT2D eigenvalue weighted by atomic mass is 16.5. The SMILES string of the molecule is COc1ccc(C2CC(NCCOCC3CC3)C2)cc1. The number of hydrogen-bond donors (Lipinski definition) is 1. The van der Waals surface area contributed by atoms with Gasteiger partial charge in [0.1, 0.15) is 5.75 Å². The molecule has 0 amide bonds. The Morgan fingerprint density at radius 3 is 2.55 bits per heavy atom. The van der Waals surface area contributed by atoms with E-state index in [4.69, 9.17) is 9.47 Å². The van der Waals surface area contributed by atoms with E-state index in [-0.39, 0.29) is 0 Å². The lowest BCUT2D eigenvalue weighted by Gasteiger charge is -2.36. The smallest absolute Gasteiger partial charge is 0.118 e. The molecule has 1 N–H and O–H groups in total. The van der Waals surface area contributed by atoms with E-state index in [0.717, 1.165) is 31.4 Å². The predicted octanol–water partition coefficient (Wildman–Crippen LogP) is 2.96. The standard InChI is InChI=1S/C17H25NO2/c1-19-17-6-4-14(5-7-17)15-10-16(11-15)18-8-9-20-12-13-2-3-13/h4-7,13,15-16,18H,2-3,8-12H2,1H3. The number of hydrogen-bond acceptors (Lipinski definition) is 3. The van der Waals surface area contributed by atoms with Crippen LogP contribution in [-0.2, 0) is 4.74 Å². The zero-order valence-corrected chi connectivity index (χ0v) is 12.3. The van der Waals surface area contributed by atoms with Crippen molar-refractivity contribution in [3.05, 3.63) is 29.8 Å². The summed E-state index contributed by atoms with van der Waals surface area (Å²) >= 11 is 0. The molecule has 0 heterocycles. The Labute approximate surface area is 121 Å². The summed E-state index contributed by atoms with van der Waals surface area (Å²) in [6.45, 7) is 2.83. The summed E-state index contributed by atoms with van der Waals surface area (Å²) < 4.78 is 10.8. The molecule has 1 aromatic carbocycles. The lowest BCUT2D eigenvalue weighted by molar-refractivity contribution is 0.120. The highest BCUT2D eigenvalue weighted by Gasteiger charge is 2.29. The average Bonchev–Trinajstić information content (AvgIpc) is 3.25. The van der Waals surface area contributed by atoms with E-state index >= 15 is 0 Å². The van der Waals surface area contributed by atoms with Crippen molar-refractivity contribution in [3.8, 4) is 5.75 Å². The van der Waals surface area contributed by atoms with Gasteiger partial charge in [-0.1, -0.05) is 12.1 Å². The van der Waals surface area contributed by atoms with E-state index in [1.54, 1.807) is 7.11 Å². The van der Waals surface area contributed by atoms with Crippen molar-refractivity contribution in [1.82, 2.24) is 5.32 Å². The minimum absolute atomic E-state index is 0.673. The van der Waals surface area contributed by atoms with E-state index in [1.165, 1.54) is 31.2 Å². The summed E-state index contributed by atoms with van der Waals surface area (Å²) in [4.78, 5) is 0. The first-order valence-corrected chi connectivity index (χ1v) is 7.80. The van der Waals surface area contributed by atoms with Crippen LogP contribution >= 0.6 is 0 Å².